The predicted octanol–water partition coefficient (Wildman–Crippen LogP) is 1.83. The molecule has 2 aromatic heterocycles. The number of carbonyl (C=O) groups is 1. The van der Waals surface area contributed by atoms with Crippen LogP contribution in [0.4, 0.5) is 0 Å². The van der Waals surface area contributed by atoms with Gasteiger partial charge in [-0.15, -0.1) is 0 Å². The molecular formula is C18H20N4O3. The number of aliphatic hydroxyl groups excluding tert-OH is 1. The van der Waals surface area contributed by atoms with Crippen molar-refractivity contribution in [1.29, 1.82) is 0 Å². The highest BCUT2D eigenvalue weighted by molar-refractivity contribution is 6.01. The molecule has 1 aliphatic heterocycles. The number of carbonyl (C=O) groups excluding carboxylic acids is 1. The second kappa shape index (κ2) is 5.93. The lowest BCUT2D eigenvalue weighted by Gasteiger charge is -2.27. The molecule has 1 aromatic carbocycles. The monoisotopic (exact) mass is 340 g/mol. The summed E-state index contributed by atoms with van der Waals surface area (Å²) in [5.74, 6) is 0.748. The van der Waals surface area contributed by atoms with Gasteiger partial charge < -0.3 is 19.7 Å². The van der Waals surface area contributed by atoms with Crippen LogP contribution in [0, 0.1) is 6.92 Å². The van der Waals surface area contributed by atoms with Gasteiger partial charge in [0.05, 0.1) is 38.2 Å². The number of nitrogens with zero attached hydrogens (tertiary/aromatic N) is 3. The molecule has 0 unspecified atom stereocenters. The second-order valence-corrected chi connectivity index (χ2v) is 6.27. The molecule has 0 saturated carbocycles. The minimum Gasteiger partial charge on any atom is -0.497 e. The van der Waals surface area contributed by atoms with E-state index in [1.807, 2.05) is 40.8 Å². The Hall–Kier alpha value is -2.80. The number of aliphatic hydroxyl groups is 1. The standard InChI is InChI=1S/C18H20N4O3/c1-11-15-8-14(25-2)3-4-16(15)19-17(11)18(24)21-5-6-22-13(9-21)7-12(10-23)20-22/h3-4,7-8,19,23H,5-6,9-10H2,1-2H3. The van der Waals surface area contributed by atoms with Crippen LogP contribution in [0.2, 0.25) is 0 Å². The van der Waals surface area contributed by atoms with E-state index in [1.165, 1.54) is 0 Å². The molecule has 2 N–H and O–H groups in total. The van der Waals surface area contributed by atoms with Crippen molar-refractivity contribution in [3.05, 3.63) is 46.9 Å². The number of nitrogens with one attached hydrogen (secondary N) is 1. The van der Waals surface area contributed by atoms with Gasteiger partial charge in [-0.05, 0) is 36.8 Å². The number of aryl methyl sites for hydroxylation is 1. The number of ether oxygens (including phenoxy) is 1. The summed E-state index contributed by atoms with van der Waals surface area (Å²) in [6.07, 6.45) is 0. The average molecular weight is 340 g/mol. The van der Waals surface area contributed by atoms with E-state index >= 15 is 0 Å². The van der Waals surface area contributed by atoms with Crippen LogP contribution < -0.4 is 4.74 Å². The summed E-state index contributed by atoms with van der Waals surface area (Å²) in [6, 6.07) is 7.60. The zero-order valence-corrected chi connectivity index (χ0v) is 14.2. The largest absolute Gasteiger partial charge is 0.497 e. The minimum absolute atomic E-state index is 0.0225. The number of fused-ring (bicyclic) bond motifs is 2. The number of amides is 1. The zero-order valence-electron chi connectivity index (χ0n) is 14.2. The third kappa shape index (κ3) is 2.56. The first kappa shape index (κ1) is 15.7. The summed E-state index contributed by atoms with van der Waals surface area (Å²) in [4.78, 5) is 18.1. The number of benzene rings is 1. The van der Waals surface area contributed by atoms with Crippen molar-refractivity contribution in [2.24, 2.45) is 0 Å². The lowest BCUT2D eigenvalue weighted by molar-refractivity contribution is 0.0700. The fraction of sp³-hybridized carbons (Fsp3) is 0.333. The molecule has 1 amide bonds. The summed E-state index contributed by atoms with van der Waals surface area (Å²) < 4.78 is 7.14. The molecule has 0 radical (unpaired) electrons. The first-order chi connectivity index (χ1) is 12.1. The fourth-order valence-corrected chi connectivity index (χ4v) is 3.38. The van der Waals surface area contributed by atoms with Gasteiger partial charge in [-0.1, -0.05) is 0 Å². The Balaban J connectivity index is 1.65. The summed E-state index contributed by atoms with van der Waals surface area (Å²) in [7, 11) is 1.63. The SMILES string of the molecule is COc1ccc2[nH]c(C(=O)N3CCn4nc(CO)cc4C3)c(C)c2c1. The molecule has 0 saturated heterocycles. The number of hydrogen-bond acceptors (Lipinski definition) is 4. The van der Waals surface area contributed by atoms with Gasteiger partial charge >= 0.3 is 0 Å². The van der Waals surface area contributed by atoms with Gasteiger partial charge in [-0.3, -0.25) is 9.48 Å². The number of hydrogen-bond donors (Lipinski definition) is 2. The molecule has 3 heterocycles. The quantitative estimate of drug-likeness (QED) is 0.762. The summed E-state index contributed by atoms with van der Waals surface area (Å²) in [6.45, 7) is 3.58. The Morgan fingerprint density at radius 1 is 1.36 bits per heavy atom. The molecule has 3 aromatic rings. The van der Waals surface area contributed by atoms with E-state index in [9.17, 15) is 9.90 Å². The van der Waals surface area contributed by atoms with Gasteiger partial charge in [0.1, 0.15) is 11.4 Å². The predicted molar refractivity (Wildman–Crippen MR) is 92.5 cm³/mol. The number of aromatic nitrogens is 3. The molecule has 1 aliphatic rings. The van der Waals surface area contributed by atoms with Crippen molar-refractivity contribution < 1.29 is 14.6 Å². The van der Waals surface area contributed by atoms with Gasteiger partial charge in [0.25, 0.3) is 5.91 Å². The highest BCUT2D eigenvalue weighted by Crippen LogP contribution is 2.27. The van der Waals surface area contributed by atoms with Gasteiger partial charge in [-0.2, -0.15) is 5.10 Å². The van der Waals surface area contributed by atoms with E-state index in [4.69, 9.17) is 4.74 Å². The van der Waals surface area contributed by atoms with Crippen molar-refractivity contribution in [1.82, 2.24) is 19.7 Å². The smallest absolute Gasteiger partial charge is 0.270 e. The van der Waals surface area contributed by atoms with Crippen molar-refractivity contribution in [2.45, 2.75) is 26.6 Å². The molecule has 25 heavy (non-hydrogen) atoms. The molecular weight excluding hydrogens is 320 g/mol. The first-order valence-corrected chi connectivity index (χ1v) is 8.22. The lowest BCUT2D eigenvalue weighted by atomic mass is 10.1. The molecule has 0 fully saturated rings. The number of methoxy groups -OCH3 is 1. The van der Waals surface area contributed by atoms with Crippen molar-refractivity contribution in [3.63, 3.8) is 0 Å². The van der Waals surface area contributed by atoms with Crippen LogP contribution in [0.15, 0.2) is 24.3 Å². The van der Waals surface area contributed by atoms with Gasteiger partial charge in [0.2, 0.25) is 0 Å². The third-order valence-electron chi connectivity index (χ3n) is 4.78. The van der Waals surface area contributed by atoms with E-state index in [1.54, 1.807) is 7.11 Å². The van der Waals surface area contributed by atoms with Crippen molar-refractivity contribution in [2.75, 3.05) is 13.7 Å². The molecule has 4 rings (SSSR count). The Bertz CT molecular complexity index is 957. The number of H-pyrrole nitrogens is 1. The van der Waals surface area contributed by atoms with Gasteiger partial charge in [0, 0.05) is 17.4 Å². The Kier molecular flexibility index (Phi) is 3.73. The normalized spacial score (nSPS) is 14.0. The van der Waals surface area contributed by atoms with Crippen molar-refractivity contribution >= 4 is 16.8 Å². The lowest BCUT2D eigenvalue weighted by Crippen LogP contribution is -2.38. The van der Waals surface area contributed by atoms with Crippen LogP contribution in [0.1, 0.15) is 27.4 Å². The topological polar surface area (TPSA) is 83.4 Å². The number of aromatic amines is 1. The maximum absolute atomic E-state index is 13.0. The van der Waals surface area contributed by atoms with Gasteiger partial charge in [-0.25, -0.2) is 0 Å². The van der Waals surface area contributed by atoms with E-state index in [0.717, 1.165) is 27.9 Å². The van der Waals surface area contributed by atoms with Crippen LogP contribution >= 0.6 is 0 Å². The molecule has 0 aliphatic carbocycles. The molecule has 0 atom stereocenters. The molecule has 0 bridgehead atoms. The Labute approximate surface area is 144 Å². The van der Waals surface area contributed by atoms with E-state index < -0.39 is 0 Å². The molecule has 130 valence electrons. The van der Waals surface area contributed by atoms with Crippen LogP contribution in [0.5, 0.6) is 5.75 Å². The molecule has 7 heteroatoms. The van der Waals surface area contributed by atoms with E-state index in [0.29, 0.717) is 31.0 Å². The second-order valence-electron chi connectivity index (χ2n) is 6.27. The maximum atomic E-state index is 13.0. The Morgan fingerprint density at radius 2 is 2.20 bits per heavy atom. The third-order valence-corrected chi connectivity index (χ3v) is 4.78. The highest BCUT2D eigenvalue weighted by Gasteiger charge is 2.26. The van der Waals surface area contributed by atoms with E-state index in [2.05, 4.69) is 10.1 Å². The van der Waals surface area contributed by atoms with Gasteiger partial charge in [0.15, 0.2) is 0 Å². The summed E-state index contributed by atoms with van der Waals surface area (Å²) in [5, 5.41) is 14.5. The van der Waals surface area contributed by atoms with Crippen molar-refractivity contribution in [3.8, 4) is 5.75 Å². The zero-order chi connectivity index (χ0) is 17.6. The van der Waals surface area contributed by atoms with Crippen LogP contribution in [-0.2, 0) is 19.7 Å². The molecule has 0 spiro atoms. The fourth-order valence-electron chi connectivity index (χ4n) is 3.38. The van der Waals surface area contributed by atoms with Crippen LogP contribution in [0.3, 0.4) is 0 Å². The van der Waals surface area contributed by atoms with E-state index in [-0.39, 0.29) is 12.5 Å². The Morgan fingerprint density at radius 3 is 2.96 bits per heavy atom. The highest BCUT2D eigenvalue weighted by atomic mass is 16.5. The van der Waals surface area contributed by atoms with Crippen LogP contribution in [0.25, 0.3) is 10.9 Å². The average Bonchev–Trinajstić information content (AvgIpc) is 3.21. The van der Waals surface area contributed by atoms with Crippen LogP contribution in [-0.4, -0.2) is 44.3 Å². The number of rotatable bonds is 3. The summed E-state index contributed by atoms with van der Waals surface area (Å²) in [5.41, 5.74) is 4.04. The maximum Gasteiger partial charge on any atom is 0.270 e. The first-order valence-electron chi connectivity index (χ1n) is 8.22. The summed E-state index contributed by atoms with van der Waals surface area (Å²) >= 11 is 0. The molecule has 7 nitrogen and oxygen atoms in total. The minimum atomic E-state index is -0.0864.